The van der Waals surface area contributed by atoms with E-state index in [0.717, 1.165) is 0 Å². The zero-order valence-corrected chi connectivity index (χ0v) is 22.7. The fourth-order valence-electron chi connectivity index (χ4n) is 4.61. The zero-order chi connectivity index (χ0) is 21.8. The molecular formula is C26H54OSi2. The molecule has 29 heavy (non-hydrogen) atoms. The van der Waals surface area contributed by atoms with Crippen molar-refractivity contribution in [2.45, 2.75) is 141 Å². The van der Waals surface area contributed by atoms with Crippen molar-refractivity contribution in [3.63, 3.8) is 0 Å². The van der Waals surface area contributed by atoms with Gasteiger partial charge in [-0.1, -0.05) is 91.2 Å². The minimum Gasteiger partial charge on any atom is -0.455 e. The Morgan fingerprint density at radius 1 is 0.517 bits per heavy atom. The van der Waals surface area contributed by atoms with E-state index in [4.69, 9.17) is 4.12 Å². The molecule has 1 nitrogen and oxygen atoms in total. The molecule has 0 aromatic carbocycles. The lowest BCUT2D eigenvalue weighted by Gasteiger charge is -2.41. The van der Waals surface area contributed by atoms with Crippen LogP contribution in [0.4, 0.5) is 0 Å². The van der Waals surface area contributed by atoms with E-state index in [2.05, 4.69) is 53.0 Å². The molecule has 0 aliphatic rings. The molecule has 172 valence electrons. The summed E-state index contributed by atoms with van der Waals surface area (Å²) in [7, 11) is -3.10. The summed E-state index contributed by atoms with van der Waals surface area (Å²) >= 11 is 0. The van der Waals surface area contributed by atoms with Crippen LogP contribution in [0.5, 0.6) is 0 Å². The molecule has 0 radical (unpaired) electrons. The van der Waals surface area contributed by atoms with Crippen molar-refractivity contribution in [2.75, 3.05) is 0 Å². The standard InChI is InChI=1S/C26H54OSi2/c1-7-13-15-17-19-21-23-25-29(12-6,27-28(9-3,10-4)11-5)26-24-22-20-18-16-14-8-2/h7-8H,1-2,9-26H2,3-6H3. The van der Waals surface area contributed by atoms with Crippen molar-refractivity contribution < 1.29 is 4.12 Å². The van der Waals surface area contributed by atoms with Crippen molar-refractivity contribution in [1.29, 1.82) is 0 Å². The third-order valence-corrected chi connectivity index (χ3v) is 18.2. The molecule has 0 aromatic heterocycles. The van der Waals surface area contributed by atoms with Gasteiger partial charge in [0, 0.05) is 0 Å². The third-order valence-electron chi connectivity index (χ3n) is 7.09. The number of hydrogen-bond donors (Lipinski definition) is 0. The maximum Gasteiger partial charge on any atom is 0.179 e. The van der Waals surface area contributed by atoms with Gasteiger partial charge in [-0.05, 0) is 61.9 Å². The van der Waals surface area contributed by atoms with Gasteiger partial charge in [-0.15, -0.1) is 13.2 Å². The number of rotatable bonds is 22. The Hall–Kier alpha value is -0.126. The van der Waals surface area contributed by atoms with Gasteiger partial charge in [-0.2, -0.15) is 0 Å². The highest BCUT2D eigenvalue weighted by atomic mass is 28.4. The van der Waals surface area contributed by atoms with Crippen LogP contribution in [0.15, 0.2) is 25.3 Å². The van der Waals surface area contributed by atoms with Gasteiger partial charge in [0.15, 0.2) is 16.6 Å². The van der Waals surface area contributed by atoms with E-state index in [0.29, 0.717) is 0 Å². The molecule has 0 fully saturated rings. The smallest absolute Gasteiger partial charge is 0.179 e. The summed E-state index contributed by atoms with van der Waals surface area (Å²) in [6, 6.07) is 8.06. The summed E-state index contributed by atoms with van der Waals surface area (Å²) in [6.45, 7) is 17.3. The van der Waals surface area contributed by atoms with Gasteiger partial charge in [-0.3, -0.25) is 0 Å². The Bertz CT molecular complexity index is 360. The van der Waals surface area contributed by atoms with Crippen molar-refractivity contribution >= 4 is 16.6 Å². The van der Waals surface area contributed by atoms with E-state index < -0.39 is 16.6 Å². The molecule has 3 heteroatoms. The quantitative estimate of drug-likeness (QED) is 0.0927. The highest BCUT2D eigenvalue weighted by Gasteiger charge is 2.40. The van der Waals surface area contributed by atoms with Crippen molar-refractivity contribution in [2.24, 2.45) is 0 Å². The predicted octanol–water partition coefficient (Wildman–Crippen LogP) is 10.0. The minimum absolute atomic E-state index is 1.18. The number of unbranched alkanes of at least 4 members (excludes halogenated alkanes) is 10. The summed E-state index contributed by atoms with van der Waals surface area (Å²) in [5, 5.41) is 0. The van der Waals surface area contributed by atoms with E-state index in [-0.39, 0.29) is 0 Å². The molecule has 0 rings (SSSR count). The Balaban J connectivity index is 4.71. The fraction of sp³-hybridized carbons (Fsp3) is 0.846. The normalized spacial score (nSPS) is 12.3. The third kappa shape index (κ3) is 13.0. The van der Waals surface area contributed by atoms with Crippen LogP contribution in [0, 0.1) is 0 Å². The summed E-state index contributed by atoms with van der Waals surface area (Å²) in [6.07, 6.45) is 20.2. The summed E-state index contributed by atoms with van der Waals surface area (Å²) in [4.78, 5) is 0. The molecule has 0 amide bonds. The highest BCUT2D eigenvalue weighted by Crippen LogP contribution is 2.35. The van der Waals surface area contributed by atoms with Gasteiger partial charge in [0.25, 0.3) is 0 Å². The van der Waals surface area contributed by atoms with Crippen LogP contribution in [0.25, 0.3) is 0 Å². The number of hydrogen-bond acceptors (Lipinski definition) is 1. The van der Waals surface area contributed by atoms with Crippen molar-refractivity contribution in [1.82, 2.24) is 0 Å². The molecule has 0 heterocycles. The maximum absolute atomic E-state index is 7.36. The summed E-state index contributed by atoms with van der Waals surface area (Å²) < 4.78 is 7.36. The lowest BCUT2D eigenvalue weighted by atomic mass is 10.1. The molecule has 0 unspecified atom stereocenters. The second kappa shape index (κ2) is 18.6. The molecule has 0 saturated carbocycles. The van der Waals surface area contributed by atoms with E-state index in [9.17, 15) is 0 Å². The first-order chi connectivity index (χ1) is 14.1. The van der Waals surface area contributed by atoms with Crippen LogP contribution in [0.2, 0.25) is 36.3 Å². The van der Waals surface area contributed by atoms with E-state index >= 15 is 0 Å². The second-order valence-electron chi connectivity index (χ2n) is 9.07. The highest BCUT2D eigenvalue weighted by molar-refractivity contribution is 6.87. The van der Waals surface area contributed by atoms with Crippen LogP contribution < -0.4 is 0 Å². The van der Waals surface area contributed by atoms with E-state index in [1.807, 2.05) is 0 Å². The Morgan fingerprint density at radius 2 is 0.862 bits per heavy atom. The van der Waals surface area contributed by atoms with Crippen LogP contribution in [0.3, 0.4) is 0 Å². The molecule has 0 aliphatic heterocycles. The lowest BCUT2D eigenvalue weighted by molar-refractivity contribution is 0.490. The monoisotopic (exact) mass is 438 g/mol. The molecule has 0 aromatic rings. The SMILES string of the molecule is C=CCCCCCCC[Si](CC)(CCCCCCCC=C)O[Si](CC)(CC)CC. The molecule has 0 bridgehead atoms. The van der Waals surface area contributed by atoms with E-state index in [1.54, 1.807) is 0 Å². The molecule has 0 N–H and O–H groups in total. The first-order valence-corrected chi connectivity index (χ1v) is 18.1. The van der Waals surface area contributed by atoms with Crippen LogP contribution in [-0.4, -0.2) is 16.6 Å². The topological polar surface area (TPSA) is 9.23 Å². The summed E-state index contributed by atoms with van der Waals surface area (Å²) in [5.41, 5.74) is 0. The Labute approximate surface area is 187 Å². The first kappa shape index (κ1) is 28.9. The molecule has 0 saturated heterocycles. The fourth-order valence-corrected chi connectivity index (χ4v) is 15.7. The first-order valence-electron chi connectivity index (χ1n) is 13.0. The predicted molar refractivity (Wildman–Crippen MR) is 140 cm³/mol. The molecular weight excluding hydrogens is 384 g/mol. The van der Waals surface area contributed by atoms with Crippen LogP contribution >= 0.6 is 0 Å². The molecule has 0 aliphatic carbocycles. The van der Waals surface area contributed by atoms with Gasteiger partial charge >= 0.3 is 0 Å². The van der Waals surface area contributed by atoms with Crippen LogP contribution in [-0.2, 0) is 4.12 Å². The van der Waals surface area contributed by atoms with Crippen LogP contribution in [0.1, 0.15) is 105 Å². The maximum atomic E-state index is 7.36. The van der Waals surface area contributed by atoms with Gasteiger partial charge in [0.05, 0.1) is 0 Å². The largest absolute Gasteiger partial charge is 0.455 e. The van der Waals surface area contributed by atoms with Gasteiger partial charge in [0.1, 0.15) is 0 Å². The Morgan fingerprint density at radius 3 is 1.21 bits per heavy atom. The average Bonchev–Trinajstić information content (AvgIpc) is 2.76. The van der Waals surface area contributed by atoms with Crippen molar-refractivity contribution in [3.8, 4) is 0 Å². The van der Waals surface area contributed by atoms with E-state index in [1.165, 1.54) is 113 Å². The Kier molecular flexibility index (Phi) is 18.5. The summed E-state index contributed by atoms with van der Waals surface area (Å²) in [5.74, 6) is 0. The molecule has 0 atom stereocenters. The van der Waals surface area contributed by atoms with Gasteiger partial charge in [0.2, 0.25) is 0 Å². The zero-order valence-electron chi connectivity index (χ0n) is 20.7. The van der Waals surface area contributed by atoms with Gasteiger partial charge < -0.3 is 4.12 Å². The second-order valence-corrected chi connectivity index (χ2v) is 18.4. The lowest BCUT2D eigenvalue weighted by Crippen LogP contribution is -2.50. The minimum atomic E-state index is -1.59. The van der Waals surface area contributed by atoms with Crippen molar-refractivity contribution in [3.05, 3.63) is 25.3 Å². The number of allylic oxidation sites excluding steroid dienone is 2. The van der Waals surface area contributed by atoms with Gasteiger partial charge in [-0.25, -0.2) is 0 Å². The average molecular weight is 439 g/mol. The molecule has 0 spiro atoms.